The van der Waals surface area contributed by atoms with E-state index in [2.05, 4.69) is 38.8 Å². The van der Waals surface area contributed by atoms with E-state index in [0.717, 1.165) is 25.5 Å². The smallest absolute Gasteiger partial charge is 0.225 e. The minimum atomic E-state index is 0.200. The molecule has 2 N–H and O–H groups in total. The van der Waals surface area contributed by atoms with Crippen LogP contribution in [-0.4, -0.2) is 35.9 Å². The van der Waals surface area contributed by atoms with E-state index in [-0.39, 0.29) is 11.8 Å². The molecule has 2 aliphatic heterocycles. The fourth-order valence-corrected chi connectivity index (χ4v) is 2.65. The molecular formula is C12H24N4OP2. The molecule has 0 aromatic heterocycles. The molecule has 7 heteroatoms. The molecule has 2 rings (SSSR count). The van der Waals surface area contributed by atoms with E-state index >= 15 is 0 Å². The summed E-state index contributed by atoms with van der Waals surface area (Å²) in [6, 6.07) is 0.308. The van der Waals surface area contributed by atoms with Gasteiger partial charge in [-0.25, -0.2) is 4.76 Å². The van der Waals surface area contributed by atoms with Crippen LogP contribution in [0.4, 0.5) is 0 Å². The Labute approximate surface area is 120 Å². The van der Waals surface area contributed by atoms with Gasteiger partial charge in [-0.15, -0.1) is 0 Å². The van der Waals surface area contributed by atoms with Crippen LogP contribution < -0.4 is 10.4 Å². The Bertz CT molecular complexity index is 356. The zero-order chi connectivity index (χ0) is 14.3. The zero-order valence-electron chi connectivity index (χ0n) is 11.6. The number of hydrogen-bond donors (Lipinski definition) is 2. The van der Waals surface area contributed by atoms with Gasteiger partial charge in [0.05, 0.1) is 12.0 Å². The minimum absolute atomic E-state index is 0.200. The molecule has 2 saturated heterocycles. The Morgan fingerprint density at radius 1 is 1.63 bits per heavy atom. The molecule has 0 saturated carbocycles. The molecule has 0 aliphatic carbocycles. The normalized spacial score (nSPS) is 26.0. The first kappa shape index (κ1) is 16.4. The standard InChI is InChI=1S/C8H13NO.C4H11N3P2/c1-3-5-7-6(4-2)8(10)9-7;8-5-4(6-9)7-2-1-3-7/h3,5-7H,4H2,1-2H3,(H,9,10);1-3,8-9H2,(H,5,6). The number of nitrogens with zero attached hydrogens (tertiary/aromatic N) is 2. The van der Waals surface area contributed by atoms with Gasteiger partial charge in [0.2, 0.25) is 5.91 Å². The average Bonchev–Trinajstić information content (AvgIpc) is 2.34. The van der Waals surface area contributed by atoms with Crippen LogP contribution >= 0.6 is 18.8 Å². The molecule has 0 radical (unpaired) electrons. The molecule has 19 heavy (non-hydrogen) atoms. The summed E-state index contributed by atoms with van der Waals surface area (Å²) in [5.74, 6) is 1.37. The van der Waals surface area contributed by atoms with E-state index in [1.165, 1.54) is 6.42 Å². The van der Waals surface area contributed by atoms with Crippen LogP contribution in [0.3, 0.4) is 0 Å². The van der Waals surface area contributed by atoms with Gasteiger partial charge in [0, 0.05) is 13.1 Å². The van der Waals surface area contributed by atoms with E-state index in [9.17, 15) is 4.79 Å². The van der Waals surface area contributed by atoms with Crippen molar-refractivity contribution in [1.82, 2.24) is 15.3 Å². The number of carbonyl (C=O) groups excluding carboxylic acids is 1. The number of carbonyl (C=O) groups is 1. The van der Waals surface area contributed by atoms with Crippen LogP contribution in [0, 0.1) is 5.92 Å². The highest BCUT2D eigenvalue weighted by Crippen LogP contribution is 2.19. The maximum Gasteiger partial charge on any atom is 0.225 e. The van der Waals surface area contributed by atoms with Crippen LogP contribution in [-0.2, 0) is 4.79 Å². The van der Waals surface area contributed by atoms with Crippen molar-refractivity contribution in [1.29, 1.82) is 0 Å². The van der Waals surface area contributed by atoms with E-state index in [0.29, 0.717) is 6.04 Å². The van der Waals surface area contributed by atoms with Crippen molar-refractivity contribution in [2.24, 2.45) is 10.7 Å². The minimum Gasteiger partial charge on any atom is -0.349 e. The van der Waals surface area contributed by atoms with Crippen molar-refractivity contribution in [2.75, 3.05) is 13.1 Å². The third-order valence-corrected chi connectivity index (χ3v) is 3.83. The highest BCUT2D eigenvalue weighted by Gasteiger charge is 2.35. The van der Waals surface area contributed by atoms with Crippen LogP contribution in [0.2, 0.25) is 0 Å². The first-order valence-corrected chi connectivity index (χ1v) is 7.69. The molecule has 2 heterocycles. The Hall–Kier alpha value is -0.660. The summed E-state index contributed by atoms with van der Waals surface area (Å²) in [7, 11) is 4.78. The highest BCUT2D eigenvalue weighted by atomic mass is 31.0. The molecule has 0 spiro atoms. The summed E-state index contributed by atoms with van der Waals surface area (Å²) in [5.41, 5.74) is 0. The van der Waals surface area contributed by atoms with Gasteiger partial charge >= 0.3 is 0 Å². The van der Waals surface area contributed by atoms with Gasteiger partial charge in [0.25, 0.3) is 0 Å². The molecule has 0 aromatic rings. The lowest BCUT2D eigenvalue weighted by Gasteiger charge is -2.33. The Morgan fingerprint density at radius 2 is 2.32 bits per heavy atom. The van der Waals surface area contributed by atoms with Gasteiger partial charge in [-0.1, -0.05) is 19.1 Å². The average molecular weight is 302 g/mol. The quantitative estimate of drug-likeness (QED) is 0.266. The lowest BCUT2D eigenvalue weighted by molar-refractivity contribution is -0.133. The molecule has 4 atom stereocenters. The maximum absolute atomic E-state index is 10.8. The highest BCUT2D eigenvalue weighted by molar-refractivity contribution is 7.17. The van der Waals surface area contributed by atoms with Crippen LogP contribution in [0.15, 0.2) is 16.9 Å². The summed E-state index contributed by atoms with van der Waals surface area (Å²) in [6.07, 6.45) is 6.25. The second kappa shape index (κ2) is 8.50. The van der Waals surface area contributed by atoms with Crippen LogP contribution in [0.25, 0.3) is 0 Å². The monoisotopic (exact) mass is 302 g/mol. The van der Waals surface area contributed by atoms with Gasteiger partial charge in [-0.3, -0.25) is 4.79 Å². The number of guanidine groups is 1. The van der Waals surface area contributed by atoms with Gasteiger partial charge < -0.3 is 15.3 Å². The van der Waals surface area contributed by atoms with E-state index in [1.807, 2.05) is 26.0 Å². The zero-order valence-corrected chi connectivity index (χ0v) is 13.9. The van der Waals surface area contributed by atoms with Crippen molar-refractivity contribution < 1.29 is 4.79 Å². The van der Waals surface area contributed by atoms with Gasteiger partial charge in [-0.2, -0.15) is 0 Å². The fraction of sp³-hybridized carbons (Fsp3) is 0.667. The molecule has 4 unspecified atom stereocenters. The van der Waals surface area contributed by atoms with Crippen LogP contribution in [0.1, 0.15) is 26.7 Å². The van der Waals surface area contributed by atoms with Gasteiger partial charge in [-0.05, 0) is 38.5 Å². The molecule has 0 aromatic carbocycles. The van der Waals surface area contributed by atoms with Gasteiger partial charge in [0.15, 0.2) is 5.96 Å². The van der Waals surface area contributed by atoms with Crippen molar-refractivity contribution in [3.05, 3.63) is 12.2 Å². The largest absolute Gasteiger partial charge is 0.349 e. The maximum atomic E-state index is 10.8. The number of rotatable bonds is 2. The molecule has 108 valence electrons. The number of amides is 1. The lowest BCUT2D eigenvalue weighted by Crippen LogP contribution is -2.56. The number of β-lactam (4-membered cyclic amide) rings is 1. The first-order chi connectivity index (χ1) is 9.17. The fourth-order valence-electron chi connectivity index (χ4n) is 2.01. The molecule has 5 nitrogen and oxygen atoms in total. The number of nitrogens with one attached hydrogen (secondary N) is 2. The van der Waals surface area contributed by atoms with Crippen molar-refractivity contribution in [2.45, 2.75) is 32.7 Å². The second-order valence-electron chi connectivity index (χ2n) is 4.51. The number of allylic oxidation sites excluding steroid dienone is 1. The third-order valence-electron chi connectivity index (χ3n) is 3.33. The first-order valence-electron chi connectivity index (χ1n) is 6.60. The van der Waals surface area contributed by atoms with Crippen LogP contribution in [0.5, 0.6) is 0 Å². The lowest BCUT2D eigenvalue weighted by atomic mass is 9.88. The Kier molecular flexibility index (Phi) is 7.33. The SMILES string of the molecule is CC=CC1NC(=O)C1CC.PN=C(NP)N1CCC1. The van der Waals surface area contributed by atoms with E-state index < -0.39 is 0 Å². The summed E-state index contributed by atoms with van der Waals surface area (Å²) in [4.78, 5) is 13.0. The van der Waals surface area contributed by atoms with E-state index in [1.54, 1.807) is 0 Å². The summed E-state index contributed by atoms with van der Waals surface area (Å²) in [6.45, 7) is 6.28. The third kappa shape index (κ3) is 4.43. The summed E-state index contributed by atoms with van der Waals surface area (Å²) >= 11 is 0. The molecule has 2 aliphatic rings. The molecule has 1 amide bonds. The van der Waals surface area contributed by atoms with Crippen molar-refractivity contribution in [3.63, 3.8) is 0 Å². The molecule has 2 fully saturated rings. The predicted molar refractivity (Wildman–Crippen MR) is 86.7 cm³/mol. The number of hydrogen-bond acceptors (Lipinski definition) is 2. The van der Waals surface area contributed by atoms with Gasteiger partial charge in [0.1, 0.15) is 0 Å². The Balaban J connectivity index is 0.000000191. The van der Waals surface area contributed by atoms with Crippen molar-refractivity contribution in [3.8, 4) is 0 Å². The summed E-state index contributed by atoms with van der Waals surface area (Å²) < 4.78 is 3.96. The number of likely N-dealkylation sites (tertiary alicyclic amines) is 1. The topological polar surface area (TPSA) is 56.7 Å². The Morgan fingerprint density at radius 3 is 2.58 bits per heavy atom. The second-order valence-corrected chi connectivity index (χ2v) is 5.06. The predicted octanol–water partition coefficient (Wildman–Crippen LogP) is 1.30. The van der Waals surface area contributed by atoms with Crippen molar-refractivity contribution >= 4 is 30.6 Å². The molecule has 0 bridgehead atoms. The van der Waals surface area contributed by atoms with E-state index in [4.69, 9.17) is 0 Å². The molecular weight excluding hydrogens is 278 g/mol. The summed E-state index contributed by atoms with van der Waals surface area (Å²) in [5, 5.41) is 5.74.